The van der Waals surface area contributed by atoms with Gasteiger partial charge in [0.2, 0.25) is 0 Å². The lowest BCUT2D eigenvalue weighted by Gasteiger charge is -2.53. The number of carbonyl (C=O) groups excluding carboxylic acids is 1. The summed E-state index contributed by atoms with van der Waals surface area (Å²) in [5.41, 5.74) is 5.29. The standard InChI is InChI=1S/C21H24N2O2/c1-3-13-11-23(4-2)9-8-21-16-6-5-7-17(25)19(16)22-20(21)15(12-24)14(13)10-18(21)23/h3,5-7,12,14,18H,4,8-11H2,1-2H3,(H-,22,24,25)/p+1/b13-3+/t14-,18-,21+,23?/m0/s1. The highest BCUT2D eigenvalue weighted by molar-refractivity contribution is 5.85. The number of nitrogens with one attached hydrogen (secondary N) is 1. The van der Waals surface area contributed by atoms with Crippen molar-refractivity contribution in [1.29, 1.82) is 0 Å². The number of piperidine rings is 1. The summed E-state index contributed by atoms with van der Waals surface area (Å²) in [4.78, 5) is 12.1. The van der Waals surface area contributed by atoms with Crippen LogP contribution in [0.25, 0.3) is 0 Å². The lowest BCUT2D eigenvalue weighted by atomic mass is 9.61. The van der Waals surface area contributed by atoms with Crippen molar-refractivity contribution in [2.24, 2.45) is 5.92 Å². The number of hydrogen-bond acceptors (Lipinski definition) is 3. The third-order valence-electron chi connectivity index (χ3n) is 7.60. The summed E-state index contributed by atoms with van der Waals surface area (Å²) < 4.78 is 1.11. The Hall–Kier alpha value is -2.07. The van der Waals surface area contributed by atoms with Crippen LogP contribution in [0, 0.1) is 5.92 Å². The lowest BCUT2D eigenvalue weighted by molar-refractivity contribution is -0.940. The average Bonchev–Trinajstić information content (AvgIpc) is 3.17. The monoisotopic (exact) mass is 337 g/mol. The van der Waals surface area contributed by atoms with Crippen LogP contribution in [0.15, 0.2) is 41.1 Å². The Morgan fingerprint density at radius 3 is 3.00 bits per heavy atom. The Morgan fingerprint density at radius 1 is 1.44 bits per heavy atom. The molecule has 2 N–H and O–H groups in total. The molecule has 3 aliphatic heterocycles. The van der Waals surface area contributed by atoms with E-state index in [1.54, 1.807) is 6.07 Å². The number of para-hydroxylation sites is 1. The van der Waals surface area contributed by atoms with Gasteiger partial charge in [-0.2, -0.15) is 0 Å². The van der Waals surface area contributed by atoms with E-state index in [-0.39, 0.29) is 11.3 Å². The predicted octanol–water partition coefficient (Wildman–Crippen LogP) is 3.10. The summed E-state index contributed by atoms with van der Waals surface area (Å²) in [5.74, 6) is 0.525. The van der Waals surface area contributed by atoms with Gasteiger partial charge in [0.1, 0.15) is 24.6 Å². The van der Waals surface area contributed by atoms with Gasteiger partial charge in [0.15, 0.2) is 0 Å². The molecule has 0 aromatic heterocycles. The molecule has 0 amide bonds. The van der Waals surface area contributed by atoms with Crippen LogP contribution in [0.4, 0.5) is 5.69 Å². The van der Waals surface area contributed by atoms with Gasteiger partial charge >= 0.3 is 0 Å². The molecule has 4 heteroatoms. The molecule has 2 saturated heterocycles. The smallest absolute Gasteiger partial charge is 0.148 e. The van der Waals surface area contributed by atoms with Gasteiger partial charge < -0.3 is 14.9 Å². The van der Waals surface area contributed by atoms with Crippen LogP contribution in [0.2, 0.25) is 0 Å². The van der Waals surface area contributed by atoms with Gasteiger partial charge in [-0.3, -0.25) is 4.79 Å². The molecule has 5 rings (SSSR count). The second kappa shape index (κ2) is 4.76. The van der Waals surface area contributed by atoms with Gasteiger partial charge in [-0.15, -0.1) is 0 Å². The first kappa shape index (κ1) is 15.2. The molecule has 0 radical (unpaired) electrons. The second-order valence-electron chi connectivity index (χ2n) is 8.08. The molecule has 0 saturated carbocycles. The van der Waals surface area contributed by atoms with Crippen molar-refractivity contribution in [3.63, 3.8) is 0 Å². The van der Waals surface area contributed by atoms with Crippen molar-refractivity contribution < 1.29 is 14.4 Å². The maximum Gasteiger partial charge on any atom is 0.148 e. The molecule has 3 heterocycles. The van der Waals surface area contributed by atoms with Crippen molar-refractivity contribution in [3.05, 3.63) is 46.7 Å². The van der Waals surface area contributed by atoms with Gasteiger partial charge in [-0.25, -0.2) is 0 Å². The number of hydrogen-bond donors (Lipinski definition) is 2. The molecule has 130 valence electrons. The molecular weight excluding hydrogens is 312 g/mol. The first-order chi connectivity index (χ1) is 12.1. The van der Waals surface area contributed by atoms with Crippen molar-refractivity contribution >= 4 is 12.0 Å². The van der Waals surface area contributed by atoms with Crippen molar-refractivity contribution in [1.82, 2.24) is 0 Å². The van der Waals surface area contributed by atoms with Gasteiger partial charge in [0.25, 0.3) is 0 Å². The van der Waals surface area contributed by atoms with Crippen LogP contribution in [0.3, 0.4) is 0 Å². The molecule has 4 nitrogen and oxygen atoms in total. The summed E-state index contributed by atoms with van der Waals surface area (Å²) in [6.07, 6.45) is 5.39. The van der Waals surface area contributed by atoms with Gasteiger partial charge in [-0.05, 0) is 31.1 Å². The van der Waals surface area contributed by atoms with Crippen LogP contribution < -0.4 is 5.32 Å². The molecule has 1 aromatic carbocycles. The minimum absolute atomic E-state index is 0.129. The number of aromatic hydroxyl groups is 1. The van der Waals surface area contributed by atoms with E-state index >= 15 is 0 Å². The zero-order valence-electron chi connectivity index (χ0n) is 14.9. The number of phenols is 1. The Morgan fingerprint density at radius 2 is 2.28 bits per heavy atom. The summed E-state index contributed by atoms with van der Waals surface area (Å²) in [5, 5.41) is 13.9. The predicted molar refractivity (Wildman–Crippen MR) is 97.3 cm³/mol. The van der Waals surface area contributed by atoms with Crippen LogP contribution in [0.5, 0.6) is 5.75 Å². The summed E-state index contributed by atoms with van der Waals surface area (Å²) in [7, 11) is 0. The van der Waals surface area contributed by atoms with E-state index in [1.807, 2.05) is 6.07 Å². The third kappa shape index (κ3) is 1.55. The fourth-order valence-electron chi connectivity index (χ4n) is 6.43. The molecule has 1 aromatic rings. The number of fused-ring (bicyclic) bond motifs is 2. The number of aldehydes is 1. The number of allylic oxidation sites excluding steroid dienone is 2. The van der Waals surface area contributed by atoms with Gasteiger partial charge in [-0.1, -0.05) is 18.2 Å². The normalized spacial score (nSPS) is 39.2. The molecule has 2 fully saturated rings. The minimum Gasteiger partial charge on any atom is -0.506 e. The Bertz CT molecular complexity index is 855. The molecule has 1 spiro atoms. The third-order valence-corrected chi connectivity index (χ3v) is 7.60. The Labute approximate surface area is 148 Å². The summed E-state index contributed by atoms with van der Waals surface area (Å²) >= 11 is 0. The fourth-order valence-corrected chi connectivity index (χ4v) is 6.43. The number of carbonyl (C=O) groups is 1. The van der Waals surface area contributed by atoms with Crippen molar-refractivity contribution in [2.45, 2.75) is 38.1 Å². The number of rotatable bonds is 2. The topological polar surface area (TPSA) is 49.3 Å². The summed E-state index contributed by atoms with van der Waals surface area (Å²) in [6.45, 7) is 7.72. The molecule has 1 aliphatic carbocycles. The number of phenolic OH excluding ortho intramolecular Hbond substituents is 1. The number of quaternary nitrogens is 1. The first-order valence-electron chi connectivity index (χ1n) is 9.41. The van der Waals surface area contributed by atoms with Gasteiger partial charge in [0.05, 0.1) is 24.2 Å². The maximum absolute atomic E-state index is 12.1. The zero-order chi connectivity index (χ0) is 17.4. The molecular formula is C21H25N2O2+. The number of anilines is 1. The SMILES string of the molecule is C/C=C1\C[N+]2(CC)CC[C@]34C(=C(C=O)[C@H]1C[C@@H]32)Nc1c(O)cccc14. The zero-order valence-corrected chi connectivity index (χ0v) is 14.9. The molecule has 2 bridgehead atoms. The molecule has 4 atom stereocenters. The largest absolute Gasteiger partial charge is 0.506 e. The fraction of sp³-hybridized carbons (Fsp3) is 0.476. The van der Waals surface area contributed by atoms with Crippen LogP contribution >= 0.6 is 0 Å². The van der Waals surface area contributed by atoms with Gasteiger partial charge in [0, 0.05) is 30.0 Å². The number of benzene rings is 1. The van der Waals surface area contributed by atoms with E-state index < -0.39 is 0 Å². The Balaban J connectivity index is 1.85. The molecule has 25 heavy (non-hydrogen) atoms. The van der Waals surface area contributed by atoms with E-state index in [9.17, 15) is 9.90 Å². The maximum atomic E-state index is 12.1. The van der Waals surface area contributed by atoms with Crippen LogP contribution in [-0.2, 0) is 10.2 Å². The lowest BCUT2D eigenvalue weighted by Crippen LogP contribution is -2.63. The highest BCUT2D eigenvalue weighted by Gasteiger charge is 2.68. The first-order valence-corrected chi connectivity index (χ1v) is 9.41. The van der Waals surface area contributed by atoms with E-state index in [4.69, 9.17) is 0 Å². The minimum atomic E-state index is -0.129. The van der Waals surface area contributed by atoms with Crippen LogP contribution in [-0.4, -0.2) is 41.6 Å². The number of nitrogens with zero attached hydrogens (tertiary/aromatic N) is 1. The summed E-state index contributed by atoms with van der Waals surface area (Å²) in [6, 6.07) is 6.32. The Kier molecular flexibility index (Phi) is 2.89. The van der Waals surface area contributed by atoms with Crippen molar-refractivity contribution in [3.8, 4) is 5.75 Å². The average molecular weight is 337 g/mol. The van der Waals surface area contributed by atoms with E-state index in [0.29, 0.717) is 11.8 Å². The molecule has 1 unspecified atom stereocenters. The highest BCUT2D eigenvalue weighted by Crippen LogP contribution is 2.64. The number of likely N-dealkylation sites (N-methyl/N-ethyl adjacent to an activating group) is 1. The van der Waals surface area contributed by atoms with E-state index in [2.05, 4.69) is 31.3 Å². The van der Waals surface area contributed by atoms with Crippen molar-refractivity contribution in [2.75, 3.05) is 25.0 Å². The van der Waals surface area contributed by atoms with E-state index in [1.165, 1.54) is 11.1 Å². The highest BCUT2D eigenvalue weighted by atomic mass is 16.3. The molecule has 4 aliphatic rings. The van der Waals surface area contributed by atoms with Crippen LogP contribution in [0.1, 0.15) is 32.3 Å². The second-order valence-corrected chi connectivity index (χ2v) is 8.08. The quantitative estimate of drug-likeness (QED) is 0.377. The van der Waals surface area contributed by atoms with E-state index in [0.717, 1.165) is 60.2 Å².